The van der Waals surface area contributed by atoms with Crippen LogP contribution in [0.15, 0.2) is 41.2 Å². The molecule has 2 aromatic rings. The molecule has 26 heavy (non-hydrogen) atoms. The maximum atomic E-state index is 12.1. The maximum absolute atomic E-state index is 12.1. The van der Waals surface area contributed by atoms with Gasteiger partial charge in [-0.15, -0.1) is 0 Å². The first-order valence-electron chi connectivity index (χ1n) is 7.76. The van der Waals surface area contributed by atoms with Crippen molar-refractivity contribution in [3.8, 4) is 11.3 Å². The molecule has 1 aromatic carbocycles. The SMILES string of the molecule is CSCC[C@H](NC(=O)Cn1nc(-c2ccc(Cl)cc2)ccc1=O)C(=O)O. The van der Waals surface area contributed by atoms with Gasteiger partial charge in [-0.3, -0.25) is 9.59 Å². The quantitative estimate of drug-likeness (QED) is 0.707. The minimum Gasteiger partial charge on any atom is -0.480 e. The van der Waals surface area contributed by atoms with E-state index in [1.54, 1.807) is 30.3 Å². The minimum absolute atomic E-state index is 0.301. The Kier molecular flexibility index (Phi) is 7.23. The highest BCUT2D eigenvalue weighted by Gasteiger charge is 2.20. The lowest BCUT2D eigenvalue weighted by molar-refractivity contribution is -0.142. The van der Waals surface area contributed by atoms with Crippen LogP contribution in [0.1, 0.15) is 6.42 Å². The molecule has 9 heteroatoms. The van der Waals surface area contributed by atoms with Crippen LogP contribution in [-0.4, -0.2) is 44.8 Å². The molecule has 1 aromatic heterocycles. The Labute approximate surface area is 159 Å². The highest BCUT2D eigenvalue weighted by atomic mass is 35.5. The van der Waals surface area contributed by atoms with Crippen LogP contribution in [0.4, 0.5) is 0 Å². The van der Waals surface area contributed by atoms with Crippen LogP contribution in [0.3, 0.4) is 0 Å². The zero-order valence-corrected chi connectivity index (χ0v) is 15.6. The van der Waals surface area contributed by atoms with Gasteiger partial charge in [-0.05, 0) is 36.6 Å². The van der Waals surface area contributed by atoms with Crippen molar-refractivity contribution in [1.29, 1.82) is 0 Å². The van der Waals surface area contributed by atoms with Gasteiger partial charge in [-0.25, -0.2) is 9.48 Å². The maximum Gasteiger partial charge on any atom is 0.326 e. The first kappa shape index (κ1) is 20.0. The fraction of sp³-hybridized carbons (Fsp3) is 0.294. The van der Waals surface area contributed by atoms with E-state index in [1.807, 2.05) is 6.26 Å². The van der Waals surface area contributed by atoms with Crippen molar-refractivity contribution in [2.75, 3.05) is 12.0 Å². The smallest absolute Gasteiger partial charge is 0.326 e. The topological polar surface area (TPSA) is 101 Å². The van der Waals surface area contributed by atoms with E-state index in [0.717, 1.165) is 10.2 Å². The molecule has 0 unspecified atom stereocenters. The van der Waals surface area contributed by atoms with Crippen LogP contribution in [0.2, 0.25) is 5.02 Å². The molecule has 1 heterocycles. The van der Waals surface area contributed by atoms with E-state index in [0.29, 0.717) is 22.9 Å². The molecular weight excluding hydrogens is 378 g/mol. The highest BCUT2D eigenvalue weighted by molar-refractivity contribution is 7.98. The van der Waals surface area contributed by atoms with E-state index in [2.05, 4.69) is 10.4 Å². The molecule has 0 aliphatic heterocycles. The van der Waals surface area contributed by atoms with Crippen molar-refractivity contribution in [1.82, 2.24) is 15.1 Å². The number of aromatic nitrogens is 2. The molecule has 2 rings (SSSR count). The van der Waals surface area contributed by atoms with Gasteiger partial charge in [0.2, 0.25) is 5.91 Å². The van der Waals surface area contributed by atoms with Crippen LogP contribution >= 0.6 is 23.4 Å². The summed E-state index contributed by atoms with van der Waals surface area (Å²) in [5.74, 6) is -1.09. The number of nitrogens with one attached hydrogen (secondary N) is 1. The molecule has 0 radical (unpaired) electrons. The minimum atomic E-state index is -1.11. The molecule has 1 amide bonds. The number of benzene rings is 1. The van der Waals surface area contributed by atoms with E-state index < -0.39 is 23.5 Å². The van der Waals surface area contributed by atoms with Gasteiger partial charge in [-0.1, -0.05) is 23.7 Å². The second-order valence-electron chi connectivity index (χ2n) is 5.46. The predicted octanol–water partition coefficient (Wildman–Crippen LogP) is 1.89. The van der Waals surface area contributed by atoms with Crippen LogP contribution in [0.5, 0.6) is 0 Å². The summed E-state index contributed by atoms with van der Waals surface area (Å²) in [6, 6.07) is 8.77. The lowest BCUT2D eigenvalue weighted by atomic mass is 10.1. The van der Waals surface area contributed by atoms with Gasteiger partial charge in [-0.2, -0.15) is 16.9 Å². The summed E-state index contributed by atoms with van der Waals surface area (Å²) in [6.45, 7) is -0.358. The molecule has 0 aliphatic rings. The monoisotopic (exact) mass is 395 g/mol. The zero-order chi connectivity index (χ0) is 19.1. The Morgan fingerprint density at radius 1 is 1.27 bits per heavy atom. The van der Waals surface area contributed by atoms with E-state index in [1.165, 1.54) is 17.8 Å². The van der Waals surface area contributed by atoms with Crippen molar-refractivity contribution in [3.05, 3.63) is 51.8 Å². The number of thioether (sulfide) groups is 1. The number of amides is 1. The summed E-state index contributed by atoms with van der Waals surface area (Å²) < 4.78 is 1.01. The number of halogens is 1. The average Bonchev–Trinajstić information content (AvgIpc) is 2.61. The average molecular weight is 396 g/mol. The van der Waals surface area contributed by atoms with Crippen LogP contribution in [0.25, 0.3) is 11.3 Å². The second-order valence-corrected chi connectivity index (χ2v) is 6.88. The summed E-state index contributed by atoms with van der Waals surface area (Å²) >= 11 is 7.35. The largest absolute Gasteiger partial charge is 0.480 e. The van der Waals surface area contributed by atoms with Crippen LogP contribution in [0, 0.1) is 0 Å². The number of rotatable bonds is 8. The Morgan fingerprint density at radius 2 is 1.96 bits per heavy atom. The number of aliphatic carboxylic acids is 1. The number of hydrogen-bond acceptors (Lipinski definition) is 5. The first-order valence-corrected chi connectivity index (χ1v) is 9.53. The summed E-state index contributed by atoms with van der Waals surface area (Å²) in [4.78, 5) is 35.3. The van der Waals surface area contributed by atoms with Gasteiger partial charge in [0.1, 0.15) is 12.6 Å². The highest BCUT2D eigenvalue weighted by Crippen LogP contribution is 2.18. The molecule has 0 saturated heterocycles. The molecule has 138 valence electrons. The number of carbonyl (C=O) groups excluding carboxylic acids is 1. The standard InChI is InChI=1S/C17H18ClN3O4S/c1-26-9-8-14(17(24)25)19-15(22)10-21-16(23)7-6-13(20-21)11-2-4-12(18)5-3-11/h2-7,14H,8-10H2,1H3,(H,19,22)(H,24,25)/t14-/m0/s1. The molecule has 1 atom stereocenters. The number of carboxylic acids is 1. The fourth-order valence-electron chi connectivity index (χ4n) is 2.21. The Hall–Kier alpha value is -2.32. The Bertz CT molecular complexity index is 839. The summed E-state index contributed by atoms with van der Waals surface area (Å²) in [5, 5.41) is 16.3. The Balaban J connectivity index is 2.14. The first-order chi connectivity index (χ1) is 12.4. The summed E-state index contributed by atoms with van der Waals surface area (Å²) in [6.07, 6.45) is 2.15. The van der Waals surface area contributed by atoms with Gasteiger partial charge in [0.05, 0.1) is 5.69 Å². The van der Waals surface area contributed by atoms with Gasteiger partial charge >= 0.3 is 5.97 Å². The zero-order valence-electron chi connectivity index (χ0n) is 14.0. The molecule has 0 aliphatic carbocycles. The molecule has 0 fully saturated rings. The molecule has 0 bridgehead atoms. The third kappa shape index (κ3) is 5.60. The number of carbonyl (C=O) groups is 2. The van der Waals surface area contributed by atoms with Crippen molar-refractivity contribution in [2.24, 2.45) is 0 Å². The number of nitrogens with zero attached hydrogens (tertiary/aromatic N) is 2. The van der Waals surface area contributed by atoms with Crippen molar-refractivity contribution in [3.63, 3.8) is 0 Å². The fourth-order valence-corrected chi connectivity index (χ4v) is 2.80. The van der Waals surface area contributed by atoms with Gasteiger partial charge in [0, 0.05) is 16.7 Å². The Morgan fingerprint density at radius 3 is 2.58 bits per heavy atom. The van der Waals surface area contributed by atoms with E-state index in [9.17, 15) is 14.4 Å². The molecule has 0 saturated carbocycles. The number of carboxylic acid groups (broad SMARTS) is 1. The summed E-state index contributed by atoms with van der Waals surface area (Å²) in [5.41, 5.74) is 0.798. The van der Waals surface area contributed by atoms with Crippen molar-refractivity contribution < 1.29 is 14.7 Å². The normalized spacial score (nSPS) is 11.8. The lowest BCUT2D eigenvalue weighted by Crippen LogP contribution is -2.44. The van der Waals surface area contributed by atoms with Gasteiger partial charge < -0.3 is 10.4 Å². The van der Waals surface area contributed by atoms with Crippen molar-refractivity contribution >= 4 is 35.2 Å². The second kappa shape index (κ2) is 9.40. The summed E-state index contributed by atoms with van der Waals surface area (Å²) in [7, 11) is 0. The predicted molar refractivity (Wildman–Crippen MR) is 102 cm³/mol. The van der Waals surface area contributed by atoms with E-state index >= 15 is 0 Å². The third-order valence-corrected chi connectivity index (χ3v) is 4.44. The van der Waals surface area contributed by atoms with Gasteiger partial charge in [0.15, 0.2) is 0 Å². The van der Waals surface area contributed by atoms with Crippen molar-refractivity contribution in [2.45, 2.75) is 19.0 Å². The number of hydrogen-bond donors (Lipinski definition) is 2. The van der Waals surface area contributed by atoms with E-state index in [4.69, 9.17) is 16.7 Å². The van der Waals surface area contributed by atoms with E-state index in [-0.39, 0.29) is 6.54 Å². The van der Waals surface area contributed by atoms with Gasteiger partial charge in [0.25, 0.3) is 5.56 Å². The third-order valence-electron chi connectivity index (χ3n) is 3.54. The molecule has 0 spiro atoms. The van der Waals surface area contributed by atoms with Crippen LogP contribution < -0.4 is 10.9 Å². The molecule has 7 nitrogen and oxygen atoms in total. The molecule has 2 N–H and O–H groups in total. The molecular formula is C17H18ClN3O4S. The van der Waals surface area contributed by atoms with Crippen LogP contribution in [-0.2, 0) is 16.1 Å². The lowest BCUT2D eigenvalue weighted by Gasteiger charge is -2.14.